The average molecular weight is 577 g/mol. The lowest BCUT2D eigenvalue weighted by molar-refractivity contribution is 0.309. The van der Waals surface area contributed by atoms with Crippen LogP contribution in [0, 0.1) is 0 Å². The SMILES string of the molecule is CNS(=O)(=O)c1ccc(C(C)=NNc2cc(OCCc3ccc(OC)c(OC)c3)nc(Nc3ccccc3)n2)cc1. The first kappa shape index (κ1) is 29.3. The van der Waals surface area contributed by atoms with Crippen molar-refractivity contribution in [2.75, 3.05) is 38.6 Å². The Hall–Kier alpha value is -4.68. The number of nitrogens with zero attached hydrogens (tertiary/aromatic N) is 3. The van der Waals surface area contributed by atoms with E-state index < -0.39 is 10.0 Å². The van der Waals surface area contributed by atoms with Crippen LogP contribution >= 0.6 is 0 Å². The van der Waals surface area contributed by atoms with Crippen molar-refractivity contribution in [3.05, 3.63) is 90.0 Å². The average Bonchev–Trinajstić information content (AvgIpc) is 3.00. The smallest absolute Gasteiger partial charge is 0.240 e. The lowest BCUT2D eigenvalue weighted by Crippen LogP contribution is -2.18. The molecule has 0 spiro atoms. The van der Waals surface area contributed by atoms with E-state index in [4.69, 9.17) is 14.2 Å². The summed E-state index contributed by atoms with van der Waals surface area (Å²) in [6.45, 7) is 2.17. The van der Waals surface area contributed by atoms with Crippen molar-refractivity contribution < 1.29 is 22.6 Å². The van der Waals surface area contributed by atoms with Crippen LogP contribution in [-0.2, 0) is 16.4 Å². The highest BCUT2D eigenvalue weighted by Gasteiger charge is 2.12. The highest BCUT2D eigenvalue weighted by molar-refractivity contribution is 7.89. The molecule has 12 heteroatoms. The fourth-order valence-electron chi connectivity index (χ4n) is 3.77. The molecule has 0 atom stereocenters. The standard InChI is InChI=1S/C29H32N6O5S/c1-20(22-11-13-24(14-12-22)41(36,37)30-2)34-35-27-19-28(33-29(32-27)31-23-8-6-5-7-9-23)40-17-16-21-10-15-25(38-3)26(18-21)39-4/h5-15,18-19,30H,16-17H2,1-4H3,(H2,31,32,33,35). The van der Waals surface area contributed by atoms with Gasteiger partial charge >= 0.3 is 0 Å². The summed E-state index contributed by atoms with van der Waals surface area (Å²) < 4.78 is 43.0. The molecule has 0 aliphatic rings. The van der Waals surface area contributed by atoms with E-state index in [1.165, 1.54) is 19.2 Å². The molecule has 0 fully saturated rings. The molecule has 4 rings (SSSR count). The van der Waals surface area contributed by atoms with E-state index in [9.17, 15) is 8.42 Å². The second-order valence-electron chi connectivity index (χ2n) is 8.73. The van der Waals surface area contributed by atoms with Crippen LogP contribution in [0.15, 0.2) is 88.9 Å². The minimum absolute atomic E-state index is 0.173. The second kappa shape index (κ2) is 13.6. The Morgan fingerprint density at radius 1 is 0.902 bits per heavy atom. The fraction of sp³-hybridized carbons (Fsp3) is 0.207. The number of benzene rings is 3. The molecule has 0 amide bonds. The molecule has 214 valence electrons. The number of aromatic nitrogens is 2. The number of rotatable bonds is 13. The van der Waals surface area contributed by atoms with Crippen molar-refractivity contribution in [2.45, 2.75) is 18.2 Å². The van der Waals surface area contributed by atoms with Crippen molar-refractivity contribution in [3.63, 3.8) is 0 Å². The van der Waals surface area contributed by atoms with Crippen LogP contribution in [0.5, 0.6) is 17.4 Å². The topological polar surface area (TPSA) is 136 Å². The van der Waals surface area contributed by atoms with Gasteiger partial charge in [-0.05, 0) is 61.5 Å². The number of hydrazone groups is 1. The molecule has 0 radical (unpaired) electrons. The highest BCUT2D eigenvalue weighted by atomic mass is 32.2. The number of sulfonamides is 1. The predicted molar refractivity (Wildman–Crippen MR) is 159 cm³/mol. The van der Waals surface area contributed by atoms with Gasteiger partial charge in [0.2, 0.25) is 21.9 Å². The molecular weight excluding hydrogens is 544 g/mol. The zero-order valence-electron chi connectivity index (χ0n) is 23.2. The Bertz CT molecular complexity index is 1600. The Balaban J connectivity index is 1.51. The highest BCUT2D eigenvalue weighted by Crippen LogP contribution is 2.28. The van der Waals surface area contributed by atoms with Crippen molar-refractivity contribution in [1.29, 1.82) is 0 Å². The number of para-hydroxylation sites is 1. The molecular formula is C29H32N6O5S. The van der Waals surface area contributed by atoms with Gasteiger partial charge in [0.05, 0.1) is 31.4 Å². The quantitative estimate of drug-likeness (QED) is 0.154. The van der Waals surface area contributed by atoms with Crippen LogP contribution in [0.2, 0.25) is 0 Å². The van der Waals surface area contributed by atoms with Gasteiger partial charge in [-0.15, -0.1) is 0 Å². The van der Waals surface area contributed by atoms with E-state index in [2.05, 4.69) is 30.5 Å². The molecule has 41 heavy (non-hydrogen) atoms. The first-order valence-electron chi connectivity index (χ1n) is 12.7. The predicted octanol–water partition coefficient (Wildman–Crippen LogP) is 4.60. The summed E-state index contributed by atoms with van der Waals surface area (Å²) in [4.78, 5) is 9.20. The molecule has 4 aromatic rings. The molecule has 0 bridgehead atoms. The Labute approximate surface area is 239 Å². The molecule has 11 nitrogen and oxygen atoms in total. The van der Waals surface area contributed by atoms with Crippen LogP contribution < -0.4 is 29.7 Å². The minimum atomic E-state index is -3.52. The summed E-state index contributed by atoms with van der Waals surface area (Å²) >= 11 is 0. The van der Waals surface area contributed by atoms with Crippen molar-refractivity contribution in [3.8, 4) is 17.4 Å². The van der Waals surface area contributed by atoms with Crippen molar-refractivity contribution >= 4 is 33.2 Å². The van der Waals surface area contributed by atoms with Gasteiger partial charge in [0.15, 0.2) is 17.3 Å². The first-order valence-corrected chi connectivity index (χ1v) is 14.2. The number of hydrogen-bond donors (Lipinski definition) is 3. The van der Waals surface area contributed by atoms with E-state index in [1.54, 1.807) is 39.3 Å². The molecule has 1 aromatic heterocycles. The third-order valence-corrected chi connectivity index (χ3v) is 7.44. The van der Waals surface area contributed by atoms with Crippen LogP contribution in [0.1, 0.15) is 18.1 Å². The molecule has 0 aliphatic heterocycles. The molecule has 0 saturated heterocycles. The van der Waals surface area contributed by atoms with Crippen molar-refractivity contribution in [1.82, 2.24) is 14.7 Å². The van der Waals surface area contributed by atoms with E-state index >= 15 is 0 Å². The molecule has 0 aliphatic carbocycles. The zero-order valence-corrected chi connectivity index (χ0v) is 24.0. The minimum Gasteiger partial charge on any atom is -0.493 e. The fourth-order valence-corrected chi connectivity index (χ4v) is 4.50. The van der Waals surface area contributed by atoms with Gasteiger partial charge in [-0.2, -0.15) is 15.1 Å². The maximum atomic E-state index is 12.0. The summed E-state index contributed by atoms with van der Waals surface area (Å²) in [6, 6.07) is 23.4. The number of hydrogen-bond acceptors (Lipinski definition) is 10. The second-order valence-corrected chi connectivity index (χ2v) is 10.6. The van der Waals surface area contributed by atoms with E-state index in [1.807, 2.05) is 48.5 Å². The monoisotopic (exact) mass is 576 g/mol. The number of ether oxygens (including phenoxy) is 3. The van der Waals surface area contributed by atoms with Crippen LogP contribution in [-0.4, -0.2) is 52.0 Å². The summed E-state index contributed by atoms with van der Waals surface area (Å²) in [5.74, 6) is 2.41. The normalized spacial score (nSPS) is 11.6. The molecule has 1 heterocycles. The van der Waals surface area contributed by atoms with Gasteiger partial charge in [-0.1, -0.05) is 36.4 Å². The third-order valence-electron chi connectivity index (χ3n) is 6.01. The van der Waals surface area contributed by atoms with Crippen LogP contribution in [0.4, 0.5) is 17.5 Å². The Kier molecular flexibility index (Phi) is 9.72. The van der Waals surface area contributed by atoms with Gasteiger partial charge in [-0.3, -0.25) is 5.43 Å². The van der Waals surface area contributed by atoms with E-state index in [0.29, 0.717) is 47.9 Å². The lowest BCUT2D eigenvalue weighted by Gasteiger charge is -2.12. The molecule has 0 saturated carbocycles. The number of methoxy groups -OCH3 is 2. The van der Waals surface area contributed by atoms with Gasteiger partial charge in [0.25, 0.3) is 0 Å². The van der Waals surface area contributed by atoms with Gasteiger partial charge in [-0.25, -0.2) is 13.1 Å². The van der Waals surface area contributed by atoms with Gasteiger partial charge in [0, 0.05) is 18.2 Å². The summed E-state index contributed by atoms with van der Waals surface area (Å²) in [5, 5.41) is 7.61. The summed E-state index contributed by atoms with van der Waals surface area (Å²) in [6.07, 6.45) is 0.616. The van der Waals surface area contributed by atoms with E-state index in [0.717, 1.165) is 16.8 Å². The lowest BCUT2D eigenvalue weighted by atomic mass is 10.1. The van der Waals surface area contributed by atoms with Crippen LogP contribution in [0.3, 0.4) is 0 Å². The number of nitrogens with one attached hydrogen (secondary N) is 3. The summed E-state index contributed by atoms with van der Waals surface area (Å²) in [7, 11) is 1.05. The molecule has 0 unspecified atom stereocenters. The number of anilines is 3. The van der Waals surface area contributed by atoms with E-state index in [-0.39, 0.29) is 4.90 Å². The Morgan fingerprint density at radius 2 is 1.63 bits per heavy atom. The van der Waals surface area contributed by atoms with Gasteiger partial charge in [0.1, 0.15) is 0 Å². The Morgan fingerprint density at radius 3 is 2.32 bits per heavy atom. The zero-order chi connectivity index (χ0) is 29.2. The maximum absolute atomic E-state index is 12.0. The maximum Gasteiger partial charge on any atom is 0.240 e. The molecule has 3 aromatic carbocycles. The molecule has 3 N–H and O–H groups in total. The van der Waals surface area contributed by atoms with Crippen LogP contribution in [0.25, 0.3) is 0 Å². The third kappa shape index (κ3) is 7.93. The van der Waals surface area contributed by atoms with Crippen molar-refractivity contribution in [2.24, 2.45) is 5.10 Å². The first-order chi connectivity index (χ1) is 19.8. The largest absolute Gasteiger partial charge is 0.493 e. The van der Waals surface area contributed by atoms with Gasteiger partial charge < -0.3 is 19.5 Å². The summed E-state index contributed by atoms with van der Waals surface area (Å²) in [5.41, 5.74) is 6.17.